The molecule has 3 rings (SSSR count). The molecule has 2 aromatic rings. The molecule has 1 unspecified atom stereocenters. The maximum Gasteiger partial charge on any atom is 0.251 e. The Kier molecular flexibility index (Phi) is 7.21. The summed E-state index contributed by atoms with van der Waals surface area (Å²) in [6.45, 7) is 3.98. The van der Waals surface area contributed by atoms with Crippen molar-refractivity contribution in [2.45, 2.75) is 25.9 Å². The molecule has 8 heteroatoms. The Balaban J connectivity index is 1.56. The predicted molar refractivity (Wildman–Crippen MR) is 115 cm³/mol. The van der Waals surface area contributed by atoms with Gasteiger partial charge in [-0.2, -0.15) is 0 Å². The third-order valence-electron chi connectivity index (χ3n) is 4.99. The van der Waals surface area contributed by atoms with Gasteiger partial charge in [-0.1, -0.05) is 18.2 Å². The van der Waals surface area contributed by atoms with Crippen molar-refractivity contribution in [3.63, 3.8) is 0 Å². The van der Waals surface area contributed by atoms with Gasteiger partial charge in [-0.15, -0.1) is 0 Å². The van der Waals surface area contributed by atoms with Gasteiger partial charge in [0.1, 0.15) is 17.3 Å². The molecule has 1 aliphatic heterocycles. The number of anilines is 1. The van der Waals surface area contributed by atoms with E-state index in [0.29, 0.717) is 37.7 Å². The number of hydrogen-bond donors (Lipinski definition) is 3. The SMILES string of the molecule is CCNC(=O)c1cccc(CNC(=NC)NC2CCN(c3c(F)cccc3F)C2)c1. The molecule has 0 aromatic heterocycles. The van der Waals surface area contributed by atoms with Crippen LogP contribution in [0.15, 0.2) is 47.5 Å². The highest BCUT2D eigenvalue weighted by Crippen LogP contribution is 2.26. The molecule has 1 aliphatic rings. The Labute approximate surface area is 175 Å². The smallest absolute Gasteiger partial charge is 0.251 e. The normalized spacial score (nSPS) is 16.5. The monoisotopic (exact) mass is 415 g/mol. The summed E-state index contributed by atoms with van der Waals surface area (Å²) >= 11 is 0. The van der Waals surface area contributed by atoms with Gasteiger partial charge >= 0.3 is 0 Å². The first-order valence-electron chi connectivity index (χ1n) is 10.0. The van der Waals surface area contributed by atoms with Gasteiger partial charge in [-0.25, -0.2) is 8.78 Å². The van der Waals surface area contributed by atoms with E-state index in [1.165, 1.54) is 18.2 Å². The Morgan fingerprint density at radius 3 is 2.60 bits per heavy atom. The zero-order chi connectivity index (χ0) is 21.5. The van der Waals surface area contributed by atoms with E-state index in [4.69, 9.17) is 0 Å². The molecular formula is C22H27F2N5O. The predicted octanol–water partition coefficient (Wildman–Crippen LogP) is 2.66. The van der Waals surface area contributed by atoms with E-state index in [2.05, 4.69) is 20.9 Å². The molecule has 1 atom stereocenters. The van der Waals surface area contributed by atoms with Gasteiger partial charge in [0, 0.05) is 44.8 Å². The highest BCUT2D eigenvalue weighted by Gasteiger charge is 2.27. The van der Waals surface area contributed by atoms with E-state index in [0.717, 1.165) is 12.0 Å². The van der Waals surface area contributed by atoms with Crippen LogP contribution in [0.25, 0.3) is 0 Å². The van der Waals surface area contributed by atoms with Crippen molar-refractivity contribution in [1.82, 2.24) is 16.0 Å². The van der Waals surface area contributed by atoms with Crippen LogP contribution in [0.2, 0.25) is 0 Å². The highest BCUT2D eigenvalue weighted by atomic mass is 19.1. The molecule has 0 aliphatic carbocycles. The number of rotatable bonds is 6. The van der Waals surface area contributed by atoms with Crippen LogP contribution in [0.1, 0.15) is 29.3 Å². The number of amides is 1. The molecule has 3 N–H and O–H groups in total. The summed E-state index contributed by atoms with van der Waals surface area (Å²) in [4.78, 5) is 17.9. The molecule has 1 amide bonds. The number of carbonyl (C=O) groups is 1. The third kappa shape index (κ3) is 5.25. The van der Waals surface area contributed by atoms with Gasteiger partial charge in [0.15, 0.2) is 5.96 Å². The van der Waals surface area contributed by atoms with Gasteiger partial charge in [-0.3, -0.25) is 9.79 Å². The molecule has 1 heterocycles. The number of halogens is 2. The number of nitrogens with zero attached hydrogens (tertiary/aromatic N) is 2. The molecule has 0 saturated carbocycles. The van der Waals surface area contributed by atoms with E-state index in [1.807, 2.05) is 25.1 Å². The Morgan fingerprint density at radius 2 is 1.90 bits per heavy atom. The average molecular weight is 415 g/mol. The van der Waals surface area contributed by atoms with Crippen LogP contribution < -0.4 is 20.9 Å². The van der Waals surface area contributed by atoms with Crippen molar-refractivity contribution in [2.24, 2.45) is 4.99 Å². The summed E-state index contributed by atoms with van der Waals surface area (Å²) < 4.78 is 28.1. The molecular weight excluding hydrogens is 388 g/mol. The van der Waals surface area contributed by atoms with Crippen LogP contribution in [-0.2, 0) is 6.54 Å². The average Bonchev–Trinajstić information content (AvgIpc) is 3.19. The lowest BCUT2D eigenvalue weighted by Gasteiger charge is -2.21. The number of benzene rings is 2. The second kappa shape index (κ2) is 10.0. The lowest BCUT2D eigenvalue weighted by molar-refractivity contribution is 0.0955. The molecule has 0 spiro atoms. The summed E-state index contributed by atoms with van der Waals surface area (Å²) in [5.41, 5.74) is 1.58. The molecule has 30 heavy (non-hydrogen) atoms. The number of para-hydroxylation sites is 1. The largest absolute Gasteiger partial charge is 0.365 e. The lowest BCUT2D eigenvalue weighted by Crippen LogP contribution is -2.44. The van der Waals surface area contributed by atoms with Crippen LogP contribution in [0.4, 0.5) is 14.5 Å². The third-order valence-corrected chi connectivity index (χ3v) is 4.99. The van der Waals surface area contributed by atoms with Crippen molar-refractivity contribution in [3.05, 3.63) is 65.2 Å². The van der Waals surface area contributed by atoms with Crippen LogP contribution in [0.5, 0.6) is 0 Å². The lowest BCUT2D eigenvalue weighted by atomic mass is 10.1. The number of guanidine groups is 1. The van der Waals surface area contributed by atoms with E-state index in [1.54, 1.807) is 18.0 Å². The minimum absolute atomic E-state index is 0.0110. The van der Waals surface area contributed by atoms with Crippen molar-refractivity contribution in [1.29, 1.82) is 0 Å². The summed E-state index contributed by atoms with van der Waals surface area (Å²) in [6.07, 6.45) is 0.737. The first kappa shape index (κ1) is 21.5. The molecule has 1 fully saturated rings. The first-order chi connectivity index (χ1) is 14.5. The maximum atomic E-state index is 14.0. The minimum Gasteiger partial charge on any atom is -0.365 e. The molecule has 0 bridgehead atoms. The van der Waals surface area contributed by atoms with Gasteiger partial charge < -0.3 is 20.9 Å². The van der Waals surface area contributed by atoms with E-state index >= 15 is 0 Å². The zero-order valence-corrected chi connectivity index (χ0v) is 17.2. The van der Waals surface area contributed by atoms with E-state index < -0.39 is 11.6 Å². The first-order valence-corrected chi connectivity index (χ1v) is 10.0. The topological polar surface area (TPSA) is 68.8 Å². The molecule has 1 saturated heterocycles. The number of carbonyl (C=O) groups excluding carboxylic acids is 1. The van der Waals surface area contributed by atoms with Crippen molar-refractivity contribution in [3.8, 4) is 0 Å². The molecule has 0 radical (unpaired) electrons. The maximum absolute atomic E-state index is 14.0. The van der Waals surface area contributed by atoms with Crippen molar-refractivity contribution < 1.29 is 13.6 Å². The standard InChI is InChI=1S/C22H27F2N5O/c1-3-26-21(30)16-7-4-6-15(12-16)13-27-22(25-2)28-17-10-11-29(14-17)20-18(23)8-5-9-19(20)24/h4-9,12,17H,3,10-11,13-14H2,1-2H3,(H,26,30)(H2,25,27,28). The van der Waals surface area contributed by atoms with Crippen LogP contribution in [0.3, 0.4) is 0 Å². The highest BCUT2D eigenvalue weighted by molar-refractivity contribution is 5.94. The van der Waals surface area contributed by atoms with Gasteiger partial charge in [0.2, 0.25) is 0 Å². The van der Waals surface area contributed by atoms with Crippen molar-refractivity contribution in [2.75, 3.05) is 31.6 Å². The van der Waals surface area contributed by atoms with Crippen molar-refractivity contribution >= 4 is 17.6 Å². The number of hydrogen-bond acceptors (Lipinski definition) is 3. The summed E-state index contributed by atoms with van der Waals surface area (Å²) in [6, 6.07) is 11.3. The fourth-order valence-electron chi connectivity index (χ4n) is 3.53. The molecule has 2 aromatic carbocycles. The van der Waals surface area contributed by atoms with Gasteiger partial charge in [0.05, 0.1) is 0 Å². The molecule has 160 valence electrons. The second-order valence-electron chi connectivity index (χ2n) is 7.13. The Morgan fingerprint density at radius 1 is 1.17 bits per heavy atom. The summed E-state index contributed by atoms with van der Waals surface area (Å²) in [7, 11) is 1.67. The van der Waals surface area contributed by atoms with Gasteiger partial charge in [0.25, 0.3) is 5.91 Å². The fourth-order valence-corrected chi connectivity index (χ4v) is 3.53. The Hall–Kier alpha value is -3.16. The van der Waals surface area contributed by atoms with E-state index in [9.17, 15) is 13.6 Å². The minimum atomic E-state index is -0.551. The molecule has 6 nitrogen and oxygen atoms in total. The number of aliphatic imine (C=N–C) groups is 1. The van der Waals surface area contributed by atoms with Crippen LogP contribution in [0, 0.1) is 11.6 Å². The Bertz CT molecular complexity index is 898. The fraction of sp³-hybridized carbons (Fsp3) is 0.364. The summed E-state index contributed by atoms with van der Waals surface area (Å²) in [5, 5.41) is 9.32. The van der Waals surface area contributed by atoms with Crippen LogP contribution in [-0.4, -0.2) is 44.6 Å². The van der Waals surface area contributed by atoms with E-state index in [-0.39, 0.29) is 17.6 Å². The second-order valence-corrected chi connectivity index (χ2v) is 7.13. The van der Waals surface area contributed by atoms with Crippen LogP contribution >= 0.6 is 0 Å². The van der Waals surface area contributed by atoms with Gasteiger partial charge in [-0.05, 0) is 43.2 Å². The zero-order valence-electron chi connectivity index (χ0n) is 17.2. The number of nitrogens with one attached hydrogen (secondary N) is 3. The summed E-state index contributed by atoms with van der Waals surface area (Å²) in [5.74, 6) is -0.608. The quantitative estimate of drug-likeness (QED) is 0.501.